The fourth-order valence-corrected chi connectivity index (χ4v) is 2.06. The second kappa shape index (κ2) is 4.58. The van der Waals surface area contributed by atoms with E-state index in [1.165, 1.54) is 0 Å². The molecular formula is C14H13N3O. The Kier molecular flexibility index (Phi) is 2.78. The van der Waals surface area contributed by atoms with E-state index in [-0.39, 0.29) is 6.61 Å². The summed E-state index contributed by atoms with van der Waals surface area (Å²) in [6, 6.07) is 3.75. The number of nitrogens with zero attached hydrogens (tertiary/aromatic N) is 3. The first-order chi connectivity index (χ1) is 8.90. The number of rotatable bonds is 2. The lowest BCUT2D eigenvalue weighted by Gasteiger charge is -2.03. The van der Waals surface area contributed by atoms with Crippen LogP contribution in [-0.4, -0.2) is 19.7 Å². The molecule has 90 valence electrons. The van der Waals surface area contributed by atoms with Crippen molar-refractivity contribution in [2.75, 3.05) is 0 Å². The molecule has 0 aliphatic heterocycles. The van der Waals surface area contributed by atoms with E-state index < -0.39 is 0 Å². The van der Waals surface area contributed by atoms with E-state index in [4.69, 9.17) is 0 Å². The van der Waals surface area contributed by atoms with Gasteiger partial charge >= 0.3 is 0 Å². The van der Waals surface area contributed by atoms with Gasteiger partial charge in [0.1, 0.15) is 0 Å². The van der Waals surface area contributed by atoms with Crippen LogP contribution in [0.1, 0.15) is 17.8 Å². The summed E-state index contributed by atoms with van der Waals surface area (Å²) in [7, 11) is 0. The van der Waals surface area contributed by atoms with Gasteiger partial charge in [0.05, 0.1) is 6.61 Å². The molecule has 0 spiro atoms. The smallest absolute Gasteiger partial charge is 0.166 e. The third-order valence-corrected chi connectivity index (χ3v) is 2.97. The maximum Gasteiger partial charge on any atom is 0.166 e. The lowest BCUT2D eigenvalue weighted by molar-refractivity contribution is 0.282. The molecule has 0 bridgehead atoms. The number of aliphatic hydroxyl groups excluding tert-OH is 1. The van der Waals surface area contributed by atoms with E-state index in [2.05, 4.69) is 16.3 Å². The topological polar surface area (TPSA) is 50.4 Å². The Balaban J connectivity index is 2.16. The van der Waals surface area contributed by atoms with Crippen LogP contribution in [0.25, 0.3) is 11.2 Å². The van der Waals surface area contributed by atoms with Gasteiger partial charge in [0.15, 0.2) is 11.5 Å². The highest BCUT2D eigenvalue weighted by atomic mass is 16.3. The van der Waals surface area contributed by atoms with Crippen molar-refractivity contribution >= 4 is 11.2 Å². The summed E-state index contributed by atoms with van der Waals surface area (Å²) in [4.78, 5) is 0. The molecule has 2 aromatic rings. The van der Waals surface area contributed by atoms with Gasteiger partial charge in [-0.15, -0.1) is 10.2 Å². The van der Waals surface area contributed by atoms with Crippen molar-refractivity contribution in [2.45, 2.75) is 13.0 Å². The number of fused-ring (bicyclic) bond motifs is 1. The summed E-state index contributed by atoms with van der Waals surface area (Å²) in [6.07, 6.45) is 12.9. The molecule has 0 radical (unpaired) electrons. The van der Waals surface area contributed by atoms with Crippen LogP contribution in [-0.2, 0) is 6.61 Å². The van der Waals surface area contributed by atoms with Crippen LogP contribution in [0, 0.1) is 0 Å². The zero-order chi connectivity index (χ0) is 12.4. The Morgan fingerprint density at radius 3 is 3.06 bits per heavy atom. The van der Waals surface area contributed by atoms with Gasteiger partial charge in [-0.1, -0.05) is 36.4 Å². The maximum absolute atomic E-state index is 9.28. The SMILES string of the molecule is OCc1cccn2c(C3=CC=CC=CC3)nnc12. The van der Waals surface area contributed by atoms with E-state index in [0.29, 0.717) is 5.65 Å². The first kappa shape index (κ1) is 10.9. The van der Waals surface area contributed by atoms with Gasteiger partial charge in [0, 0.05) is 17.3 Å². The molecule has 2 heterocycles. The number of hydrogen-bond donors (Lipinski definition) is 1. The highest BCUT2D eigenvalue weighted by Gasteiger charge is 2.11. The summed E-state index contributed by atoms with van der Waals surface area (Å²) in [5.74, 6) is 0.830. The standard InChI is InChI=1S/C14H13N3O/c18-10-12-8-5-9-17-13(15-16-14(12)17)11-6-3-1-2-4-7-11/h1-6,8-9,18H,7,10H2. The van der Waals surface area contributed by atoms with Crippen molar-refractivity contribution in [2.24, 2.45) is 0 Å². The van der Waals surface area contributed by atoms with Gasteiger partial charge in [-0.3, -0.25) is 4.40 Å². The third-order valence-electron chi connectivity index (χ3n) is 2.97. The van der Waals surface area contributed by atoms with Crippen LogP contribution in [0.15, 0.2) is 48.7 Å². The lowest BCUT2D eigenvalue weighted by Crippen LogP contribution is -1.96. The van der Waals surface area contributed by atoms with Crippen molar-refractivity contribution in [3.8, 4) is 0 Å². The predicted octanol–water partition coefficient (Wildman–Crippen LogP) is 2.12. The van der Waals surface area contributed by atoms with Crippen LogP contribution in [0.3, 0.4) is 0 Å². The van der Waals surface area contributed by atoms with E-state index in [0.717, 1.165) is 23.4 Å². The molecule has 0 saturated carbocycles. The Morgan fingerprint density at radius 2 is 2.17 bits per heavy atom. The summed E-state index contributed by atoms with van der Waals surface area (Å²) in [5.41, 5.74) is 2.62. The first-order valence-corrected chi connectivity index (χ1v) is 5.86. The second-order valence-corrected chi connectivity index (χ2v) is 4.12. The Labute approximate surface area is 105 Å². The van der Waals surface area contributed by atoms with Crippen molar-refractivity contribution < 1.29 is 5.11 Å². The van der Waals surface area contributed by atoms with Gasteiger partial charge in [-0.25, -0.2) is 0 Å². The molecule has 18 heavy (non-hydrogen) atoms. The molecule has 1 aliphatic rings. The Hall–Kier alpha value is -2.20. The van der Waals surface area contributed by atoms with Gasteiger partial charge in [0.25, 0.3) is 0 Å². The van der Waals surface area contributed by atoms with E-state index in [1.807, 2.05) is 47.0 Å². The minimum absolute atomic E-state index is 0.0265. The minimum atomic E-state index is -0.0265. The normalized spacial score (nSPS) is 14.8. The molecule has 0 unspecified atom stereocenters. The number of pyridine rings is 1. The molecule has 0 fully saturated rings. The molecule has 1 aliphatic carbocycles. The lowest BCUT2D eigenvalue weighted by atomic mass is 10.1. The largest absolute Gasteiger partial charge is 0.392 e. The molecule has 4 heteroatoms. The van der Waals surface area contributed by atoms with Crippen LogP contribution < -0.4 is 0 Å². The van der Waals surface area contributed by atoms with Gasteiger partial charge < -0.3 is 5.11 Å². The molecule has 2 aromatic heterocycles. The average molecular weight is 239 g/mol. The summed E-state index contributed by atoms with van der Waals surface area (Å²) in [6.45, 7) is -0.0265. The molecule has 3 rings (SSSR count). The minimum Gasteiger partial charge on any atom is -0.392 e. The first-order valence-electron chi connectivity index (χ1n) is 5.86. The van der Waals surface area contributed by atoms with Crippen LogP contribution in [0.2, 0.25) is 0 Å². The molecule has 0 amide bonds. The fraction of sp³-hybridized carbons (Fsp3) is 0.143. The van der Waals surface area contributed by atoms with Crippen LogP contribution in [0.5, 0.6) is 0 Å². The molecule has 4 nitrogen and oxygen atoms in total. The quantitative estimate of drug-likeness (QED) is 0.873. The van der Waals surface area contributed by atoms with Gasteiger partial charge in [-0.05, 0) is 12.5 Å². The Morgan fingerprint density at radius 1 is 1.22 bits per heavy atom. The number of aliphatic hydroxyl groups is 1. The van der Waals surface area contributed by atoms with Gasteiger partial charge in [-0.2, -0.15) is 0 Å². The summed E-state index contributed by atoms with van der Waals surface area (Å²) < 4.78 is 1.92. The zero-order valence-electron chi connectivity index (χ0n) is 9.82. The average Bonchev–Trinajstić information content (AvgIpc) is 2.66. The highest BCUT2D eigenvalue weighted by Crippen LogP contribution is 2.21. The Bertz CT molecular complexity index is 665. The van der Waals surface area contributed by atoms with Gasteiger partial charge in [0.2, 0.25) is 0 Å². The fourth-order valence-electron chi connectivity index (χ4n) is 2.06. The maximum atomic E-state index is 9.28. The van der Waals surface area contributed by atoms with Crippen molar-refractivity contribution in [3.63, 3.8) is 0 Å². The number of allylic oxidation sites excluding steroid dienone is 6. The van der Waals surface area contributed by atoms with E-state index in [9.17, 15) is 5.11 Å². The van der Waals surface area contributed by atoms with Crippen LogP contribution >= 0.6 is 0 Å². The number of aromatic nitrogens is 3. The monoisotopic (exact) mass is 239 g/mol. The summed E-state index contributed by atoms with van der Waals surface area (Å²) >= 11 is 0. The highest BCUT2D eigenvalue weighted by molar-refractivity contribution is 5.66. The molecule has 1 N–H and O–H groups in total. The van der Waals surface area contributed by atoms with Crippen molar-refractivity contribution in [1.29, 1.82) is 0 Å². The third kappa shape index (κ3) is 1.76. The molecule has 0 saturated heterocycles. The number of hydrogen-bond acceptors (Lipinski definition) is 3. The van der Waals surface area contributed by atoms with Crippen LogP contribution in [0.4, 0.5) is 0 Å². The van der Waals surface area contributed by atoms with E-state index >= 15 is 0 Å². The molecule has 0 atom stereocenters. The summed E-state index contributed by atoms with van der Waals surface area (Å²) in [5, 5.41) is 17.7. The van der Waals surface area contributed by atoms with E-state index in [1.54, 1.807) is 0 Å². The molecule has 0 aromatic carbocycles. The van der Waals surface area contributed by atoms with Crippen molar-refractivity contribution in [1.82, 2.24) is 14.6 Å². The predicted molar refractivity (Wildman–Crippen MR) is 69.8 cm³/mol. The van der Waals surface area contributed by atoms with Crippen molar-refractivity contribution in [3.05, 3.63) is 60.1 Å². The molecular weight excluding hydrogens is 226 g/mol. The second-order valence-electron chi connectivity index (χ2n) is 4.12. The zero-order valence-corrected chi connectivity index (χ0v) is 9.82.